The van der Waals surface area contributed by atoms with Gasteiger partial charge in [0.25, 0.3) is 0 Å². The van der Waals surface area contributed by atoms with Crippen LogP contribution in [0.25, 0.3) is 0 Å². The maximum absolute atomic E-state index is 11.4. The average Bonchev–Trinajstić information content (AvgIpc) is 2.40. The van der Waals surface area contributed by atoms with Gasteiger partial charge >= 0.3 is 17.9 Å². The van der Waals surface area contributed by atoms with Gasteiger partial charge < -0.3 is 19.5 Å². The summed E-state index contributed by atoms with van der Waals surface area (Å²) in [6.07, 6.45) is -0.616. The molecule has 0 radical (unpaired) electrons. The second-order valence-electron chi connectivity index (χ2n) is 5.59. The van der Waals surface area contributed by atoms with E-state index in [2.05, 4.69) is 5.32 Å². The van der Waals surface area contributed by atoms with E-state index in [-0.39, 0.29) is 17.5 Å². The molecule has 7 nitrogen and oxygen atoms in total. The summed E-state index contributed by atoms with van der Waals surface area (Å²) in [7, 11) is 0. The fourth-order valence-corrected chi connectivity index (χ4v) is 2.00. The number of nitrogens with one attached hydrogen (secondary N) is 1. The third kappa shape index (κ3) is 7.23. The molecule has 1 aromatic rings. The van der Waals surface area contributed by atoms with Crippen LogP contribution in [0.1, 0.15) is 46.3 Å². The lowest BCUT2D eigenvalue weighted by Gasteiger charge is -2.20. The van der Waals surface area contributed by atoms with Gasteiger partial charge in [-0.15, -0.1) is 0 Å². The van der Waals surface area contributed by atoms with Crippen molar-refractivity contribution in [2.45, 2.75) is 46.8 Å². The van der Waals surface area contributed by atoms with Crippen LogP contribution in [0.5, 0.6) is 11.5 Å². The average molecular weight is 337 g/mol. The van der Waals surface area contributed by atoms with Gasteiger partial charge in [0, 0.05) is 45.0 Å². The van der Waals surface area contributed by atoms with Crippen LogP contribution in [-0.2, 0) is 19.1 Å². The SMILES string of the molecule is CC(=O)Oc1cc(OC(C)=O)cc(C(CNC(C)C)OC(C)=O)c1. The van der Waals surface area contributed by atoms with Crippen LogP contribution in [0.2, 0.25) is 0 Å². The molecule has 1 N–H and O–H groups in total. The molecule has 1 atom stereocenters. The minimum absolute atomic E-state index is 0.188. The Morgan fingerprint density at radius 1 is 0.917 bits per heavy atom. The molecule has 7 heteroatoms. The van der Waals surface area contributed by atoms with E-state index < -0.39 is 24.0 Å². The first-order valence-corrected chi connectivity index (χ1v) is 7.59. The van der Waals surface area contributed by atoms with Crippen molar-refractivity contribution in [1.82, 2.24) is 5.32 Å². The molecule has 0 saturated carbocycles. The fourth-order valence-electron chi connectivity index (χ4n) is 2.00. The first-order chi connectivity index (χ1) is 11.2. The standard InChI is InChI=1S/C17H23NO6/c1-10(2)18-9-17(24-13(5)21)14-6-15(22-11(3)19)8-16(7-14)23-12(4)20/h6-8,10,17-18H,9H2,1-5H3. The van der Waals surface area contributed by atoms with Gasteiger partial charge in [-0.25, -0.2) is 0 Å². The molecule has 0 saturated heterocycles. The van der Waals surface area contributed by atoms with Crippen molar-refractivity contribution in [2.24, 2.45) is 0 Å². The lowest BCUT2D eigenvalue weighted by Crippen LogP contribution is -2.30. The highest BCUT2D eigenvalue weighted by molar-refractivity contribution is 5.71. The largest absolute Gasteiger partial charge is 0.456 e. The van der Waals surface area contributed by atoms with Gasteiger partial charge in [0.2, 0.25) is 0 Å². The van der Waals surface area contributed by atoms with Crippen molar-refractivity contribution in [3.05, 3.63) is 23.8 Å². The van der Waals surface area contributed by atoms with Crippen LogP contribution in [0.15, 0.2) is 18.2 Å². The molecule has 0 aromatic heterocycles. The molecule has 0 heterocycles. The van der Waals surface area contributed by atoms with Crippen molar-refractivity contribution in [1.29, 1.82) is 0 Å². The Kier molecular flexibility index (Phi) is 7.38. The van der Waals surface area contributed by atoms with Gasteiger partial charge in [-0.2, -0.15) is 0 Å². The first kappa shape index (κ1) is 19.6. The Morgan fingerprint density at radius 2 is 1.42 bits per heavy atom. The maximum Gasteiger partial charge on any atom is 0.308 e. The molecule has 0 aliphatic carbocycles. The Bertz CT molecular complexity index is 577. The summed E-state index contributed by atoms with van der Waals surface area (Å²) in [5.74, 6) is -1.05. The van der Waals surface area contributed by atoms with Crippen molar-refractivity contribution < 1.29 is 28.6 Å². The molecule has 132 valence electrons. The number of benzene rings is 1. The summed E-state index contributed by atoms with van der Waals surface area (Å²) in [5, 5.41) is 3.18. The molecule has 24 heavy (non-hydrogen) atoms. The Morgan fingerprint density at radius 3 is 1.79 bits per heavy atom. The number of ether oxygens (including phenoxy) is 3. The monoisotopic (exact) mass is 337 g/mol. The molecule has 1 unspecified atom stereocenters. The van der Waals surface area contributed by atoms with E-state index in [4.69, 9.17) is 14.2 Å². The van der Waals surface area contributed by atoms with Crippen LogP contribution in [0, 0.1) is 0 Å². The Labute approximate surface area is 141 Å². The van der Waals surface area contributed by atoms with E-state index in [1.54, 1.807) is 12.1 Å². The molecular weight excluding hydrogens is 314 g/mol. The van der Waals surface area contributed by atoms with Crippen molar-refractivity contribution in [3.8, 4) is 11.5 Å². The van der Waals surface area contributed by atoms with Crippen molar-refractivity contribution in [2.75, 3.05) is 6.54 Å². The predicted octanol–water partition coefficient (Wildman–Crippen LogP) is 2.14. The van der Waals surface area contributed by atoms with E-state index in [1.165, 1.54) is 26.8 Å². The second kappa shape index (κ2) is 9.02. The van der Waals surface area contributed by atoms with Crippen LogP contribution < -0.4 is 14.8 Å². The summed E-state index contributed by atoms with van der Waals surface area (Å²) in [6, 6.07) is 4.76. The topological polar surface area (TPSA) is 90.9 Å². The lowest BCUT2D eigenvalue weighted by atomic mass is 10.1. The highest BCUT2D eigenvalue weighted by Crippen LogP contribution is 2.29. The van der Waals surface area contributed by atoms with Crippen LogP contribution in [0.4, 0.5) is 0 Å². The lowest BCUT2D eigenvalue weighted by molar-refractivity contribution is -0.146. The Hall–Kier alpha value is -2.41. The molecule has 0 bridgehead atoms. The molecule has 0 spiro atoms. The van der Waals surface area contributed by atoms with E-state index in [0.717, 1.165) is 0 Å². The Balaban J connectivity index is 3.19. The van der Waals surface area contributed by atoms with Gasteiger partial charge in [0.05, 0.1) is 0 Å². The van der Waals surface area contributed by atoms with E-state index >= 15 is 0 Å². The molecular formula is C17H23NO6. The molecule has 0 aliphatic heterocycles. The summed E-state index contributed by atoms with van der Waals surface area (Å²) in [5.41, 5.74) is 0.549. The number of hydrogen-bond donors (Lipinski definition) is 1. The zero-order valence-electron chi connectivity index (χ0n) is 14.5. The zero-order chi connectivity index (χ0) is 18.3. The van der Waals surface area contributed by atoms with Crippen LogP contribution in [0.3, 0.4) is 0 Å². The third-order valence-electron chi connectivity index (χ3n) is 2.82. The summed E-state index contributed by atoms with van der Waals surface area (Å²) in [6.45, 7) is 8.13. The first-order valence-electron chi connectivity index (χ1n) is 7.59. The van der Waals surface area contributed by atoms with Gasteiger partial charge in [-0.1, -0.05) is 13.8 Å². The second-order valence-corrected chi connectivity index (χ2v) is 5.59. The van der Waals surface area contributed by atoms with E-state index in [1.807, 2.05) is 13.8 Å². The smallest absolute Gasteiger partial charge is 0.308 e. The van der Waals surface area contributed by atoms with Gasteiger partial charge in [-0.3, -0.25) is 14.4 Å². The van der Waals surface area contributed by atoms with Crippen LogP contribution >= 0.6 is 0 Å². The summed E-state index contributed by atoms with van der Waals surface area (Å²) in [4.78, 5) is 33.8. The number of esters is 3. The summed E-state index contributed by atoms with van der Waals surface area (Å²) >= 11 is 0. The van der Waals surface area contributed by atoms with E-state index in [9.17, 15) is 14.4 Å². The van der Waals surface area contributed by atoms with Crippen molar-refractivity contribution >= 4 is 17.9 Å². The fraction of sp³-hybridized carbons (Fsp3) is 0.471. The molecule has 0 aliphatic rings. The predicted molar refractivity (Wildman–Crippen MR) is 86.7 cm³/mol. The quantitative estimate of drug-likeness (QED) is 0.602. The minimum atomic E-state index is -0.616. The molecule has 1 aromatic carbocycles. The highest BCUT2D eigenvalue weighted by atomic mass is 16.6. The normalized spacial score (nSPS) is 11.8. The minimum Gasteiger partial charge on any atom is -0.456 e. The van der Waals surface area contributed by atoms with Gasteiger partial charge in [0.15, 0.2) is 0 Å². The number of rotatable bonds is 7. The molecule has 0 fully saturated rings. The van der Waals surface area contributed by atoms with E-state index in [0.29, 0.717) is 12.1 Å². The number of carbonyl (C=O) groups is 3. The van der Waals surface area contributed by atoms with Gasteiger partial charge in [-0.05, 0) is 12.1 Å². The summed E-state index contributed by atoms with van der Waals surface area (Å²) < 4.78 is 15.5. The molecule has 1 rings (SSSR count). The maximum atomic E-state index is 11.4. The third-order valence-corrected chi connectivity index (χ3v) is 2.82. The molecule has 0 amide bonds. The van der Waals surface area contributed by atoms with Crippen molar-refractivity contribution in [3.63, 3.8) is 0 Å². The highest BCUT2D eigenvalue weighted by Gasteiger charge is 2.18. The zero-order valence-corrected chi connectivity index (χ0v) is 14.5. The van der Waals surface area contributed by atoms with Crippen LogP contribution in [-0.4, -0.2) is 30.5 Å². The number of carbonyl (C=O) groups excluding carboxylic acids is 3. The van der Waals surface area contributed by atoms with Gasteiger partial charge in [0.1, 0.15) is 17.6 Å². The number of hydrogen-bond acceptors (Lipinski definition) is 7.